The Kier molecular flexibility index (Phi) is 4.22. The number of rotatable bonds is 3. The van der Waals surface area contributed by atoms with Gasteiger partial charge in [0.1, 0.15) is 5.82 Å². The van der Waals surface area contributed by atoms with Gasteiger partial charge in [-0.25, -0.2) is 12.8 Å². The molecule has 0 aliphatic heterocycles. The quantitative estimate of drug-likeness (QED) is 0.800. The number of nitrogens with two attached hydrogens (primary N) is 1. The van der Waals surface area contributed by atoms with Crippen molar-refractivity contribution in [3.8, 4) is 0 Å². The Labute approximate surface area is 128 Å². The summed E-state index contributed by atoms with van der Waals surface area (Å²) in [5.74, 6) is -0.554. The molecule has 2 aromatic carbocycles. The highest BCUT2D eigenvalue weighted by molar-refractivity contribution is 9.10. The zero-order valence-corrected chi connectivity index (χ0v) is 13.1. The summed E-state index contributed by atoms with van der Waals surface area (Å²) in [7, 11) is -3.88. The van der Waals surface area contributed by atoms with Gasteiger partial charge in [-0.2, -0.15) is 0 Å². The fourth-order valence-electron chi connectivity index (χ4n) is 1.45. The van der Waals surface area contributed by atoms with Crippen molar-refractivity contribution >= 4 is 48.9 Å². The van der Waals surface area contributed by atoms with Gasteiger partial charge in [-0.1, -0.05) is 11.6 Å². The van der Waals surface area contributed by atoms with Gasteiger partial charge in [0.15, 0.2) is 0 Å². The molecule has 0 radical (unpaired) electrons. The second-order valence-electron chi connectivity index (χ2n) is 3.91. The van der Waals surface area contributed by atoms with E-state index in [4.69, 9.17) is 17.3 Å². The first-order chi connectivity index (χ1) is 9.29. The lowest BCUT2D eigenvalue weighted by Gasteiger charge is -2.10. The number of nitrogens with one attached hydrogen (secondary N) is 1. The third kappa shape index (κ3) is 3.23. The molecule has 106 valence electrons. The van der Waals surface area contributed by atoms with Crippen molar-refractivity contribution in [1.82, 2.24) is 0 Å². The van der Waals surface area contributed by atoms with Crippen LogP contribution in [0.15, 0.2) is 45.8 Å². The Bertz CT molecular complexity index is 768. The van der Waals surface area contributed by atoms with E-state index in [1.165, 1.54) is 30.3 Å². The number of nitrogen functional groups attached to an aromatic ring is 1. The fourth-order valence-corrected chi connectivity index (χ4v) is 3.27. The van der Waals surface area contributed by atoms with Crippen LogP contribution in [-0.2, 0) is 10.0 Å². The molecule has 2 aromatic rings. The fraction of sp³-hybridized carbons (Fsp3) is 0. The number of benzene rings is 2. The molecule has 0 fully saturated rings. The number of hydrogen-bond donors (Lipinski definition) is 2. The molecule has 0 spiro atoms. The second-order valence-corrected chi connectivity index (χ2v) is 6.86. The van der Waals surface area contributed by atoms with Crippen LogP contribution in [-0.4, -0.2) is 8.42 Å². The predicted octanol–water partition coefficient (Wildman–Crippen LogP) is 3.62. The van der Waals surface area contributed by atoms with Gasteiger partial charge < -0.3 is 5.73 Å². The standard InChI is InChI=1S/C12H9BrClFN2O2S/c13-9-3-1-7(15)5-12(9)17-20(18,19)8-2-4-11(16)10(14)6-8/h1-6,17H,16H2. The number of halogens is 3. The summed E-state index contributed by atoms with van der Waals surface area (Å²) in [6.07, 6.45) is 0. The lowest BCUT2D eigenvalue weighted by atomic mass is 10.3. The summed E-state index contributed by atoms with van der Waals surface area (Å²) in [4.78, 5) is -0.0622. The molecule has 0 saturated carbocycles. The molecule has 0 amide bonds. The summed E-state index contributed by atoms with van der Waals surface area (Å²) < 4.78 is 40.2. The van der Waals surface area contributed by atoms with E-state index in [0.29, 0.717) is 4.47 Å². The smallest absolute Gasteiger partial charge is 0.261 e. The van der Waals surface area contributed by atoms with Crippen LogP contribution in [0, 0.1) is 5.82 Å². The third-order valence-corrected chi connectivity index (χ3v) is 4.84. The number of anilines is 2. The summed E-state index contributed by atoms with van der Waals surface area (Å²) in [5, 5.41) is 0.131. The number of sulfonamides is 1. The molecule has 0 aromatic heterocycles. The van der Waals surface area contributed by atoms with Crippen molar-refractivity contribution in [2.45, 2.75) is 4.90 Å². The van der Waals surface area contributed by atoms with Crippen LogP contribution in [0.2, 0.25) is 5.02 Å². The highest BCUT2D eigenvalue weighted by Crippen LogP contribution is 2.28. The molecular weight excluding hydrogens is 371 g/mol. The molecule has 20 heavy (non-hydrogen) atoms. The van der Waals surface area contributed by atoms with Crippen molar-refractivity contribution in [3.05, 3.63) is 51.7 Å². The average molecular weight is 380 g/mol. The molecule has 2 rings (SSSR count). The van der Waals surface area contributed by atoms with Gasteiger partial charge in [-0.3, -0.25) is 4.72 Å². The molecule has 0 bridgehead atoms. The minimum atomic E-state index is -3.88. The molecule has 3 N–H and O–H groups in total. The molecule has 8 heteroatoms. The summed E-state index contributed by atoms with van der Waals surface area (Å²) in [5.41, 5.74) is 5.90. The lowest BCUT2D eigenvalue weighted by molar-refractivity contribution is 0.601. The van der Waals surface area contributed by atoms with Crippen molar-refractivity contribution in [3.63, 3.8) is 0 Å². The van der Waals surface area contributed by atoms with E-state index in [1.54, 1.807) is 0 Å². The molecular formula is C12H9BrClFN2O2S. The Morgan fingerprint density at radius 2 is 1.90 bits per heavy atom. The molecule has 0 saturated heterocycles. The first kappa shape index (κ1) is 15.1. The van der Waals surface area contributed by atoms with Gasteiger partial charge >= 0.3 is 0 Å². The molecule has 0 heterocycles. The van der Waals surface area contributed by atoms with Crippen LogP contribution >= 0.6 is 27.5 Å². The predicted molar refractivity (Wildman–Crippen MR) is 80.8 cm³/mol. The van der Waals surface area contributed by atoms with Gasteiger partial charge in [0, 0.05) is 4.47 Å². The van der Waals surface area contributed by atoms with E-state index in [2.05, 4.69) is 20.7 Å². The van der Waals surface area contributed by atoms with Gasteiger partial charge in [-0.05, 0) is 52.3 Å². The van der Waals surface area contributed by atoms with Crippen LogP contribution < -0.4 is 10.5 Å². The highest BCUT2D eigenvalue weighted by Gasteiger charge is 2.17. The van der Waals surface area contributed by atoms with Crippen molar-refractivity contribution in [2.24, 2.45) is 0 Å². The van der Waals surface area contributed by atoms with Gasteiger partial charge in [0.05, 0.1) is 21.3 Å². The van der Waals surface area contributed by atoms with Gasteiger partial charge in [0.25, 0.3) is 10.0 Å². The minimum Gasteiger partial charge on any atom is -0.398 e. The van der Waals surface area contributed by atoms with Gasteiger partial charge in [0.2, 0.25) is 0 Å². The van der Waals surface area contributed by atoms with E-state index in [0.717, 1.165) is 6.07 Å². The van der Waals surface area contributed by atoms with E-state index < -0.39 is 15.8 Å². The monoisotopic (exact) mass is 378 g/mol. The van der Waals surface area contributed by atoms with Crippen LogP contribution in [0.25, 0.3) is 0 Å². The topological polar surface area (TPSA) is 72.2 Å². The zero-order valence-electron chi connectivity index (χ0n) is 9.90. The Morgan fingerprint density at radius 3 is 2.55 bits per heavy atom. The Morgan fingerprint density at radius 1 is 1.20 bits per heavy atom. The van der Waals surface area contributed by atoms with E-state index in [9.17, 15) is 12.8 Å². The Balaban J connectivity index is 2.40. The molecule has 0 unspecified atom stereocenters. The number of hydrogen-bond acceptors (Lipinski definition) is 3. The largest absolute Gasteiger partial charge is 0.398 e. The normalized spacial score (nSPS) is 11.3. The highest BCUT2D eigenvalue weighted by atomic mass is 79.9. The first-order valence-electron chi connectivity index (χ1n) is 5.32. The second kappa shape index (κ2) is 5.59. The molecule has 0 aliphatic carbocycles. The van der Waals surface area contributed by atoms with Crippen molar-refractivity contribution < 1.29 is 12.8 Å². The van der Waals surface area contributed by atoms with Crippen LogP contribution in [0.5, 0.6) is 0 Å². The molecule has 0 aliphatic rings. The van der Waals surface area contributed by atoms with E-state index >= 15 is 0 Å². The maximum atomic E-state index is 13.1. The SMILES string of the molecule is Nc1ccc(S(=O)(=O)Nc2cc(F)ccc2Br)cc1Cl. The summed E-state index contributed by atoms with van der Waals surface area (Å²) in [6, 6.07) is 7.62. The molecule has 4 nitrogen and oxygen atoms in total. The Hall–Kier alpha value is -1.31. The van der Waals surface area contributed by atoms with Crippen LogP contribution in [0.3, 0.4) is 0 Å². The summed E-state index contributed by atoms with van der Waals surface area (Å²) >= 11 is 8.93. The third-order valence-electron chi connectivity index (χ3n) is 2.45. The van der Waals surface area contributed by atoms with E-state index in [1.807, 2.05) is 0 Å². The van der Waals surface area contributed by atoms with Crippen molar-refractivity contribution in [2.75, 3.05) is 10.5 Å². The minimum absolute atomic E-state index is 0.0622. The lowest BCUT2D eigenvalue weighted by Crippen LogP contribution is -2.13. The maximum absolute atomic E-state index is 13.1. The maximum Gasteiger partial charge on any atom is 0.261 e. The van der Waals surface area contributed by atoms with E-state index in [-0.39, 0.29) is 21.3 Å². The van der Waals surface area contributed by atoms with Crippen molar-refractivity contribution in [1.29, 1.82) is 0 Å². The zero-order chi connectivity index (χ0) is 14.9. The first-order valence-corrected chi connectivity index (χ1v) is 7.98. The molecule has 0 atom stereocenters. The van der Waals surface area contributed by atoms with Crippen LogP contribution in [0.4, 0.5) is 15.8 Å². The van der Waals surface area contributed by atoms with Crippen LogP contribution in [0.1, 0.15) is 0 Å². The van der Waals surface area contributed by atoms with Gasteiger partial charge in [-0.15, -0.1) is 0 Å². The summed E-state index contributed by atoms with van der Waals surface area (Å²) in [6.45, 7) is 0. The average Bonchev–Trinajstić information content (AvgIpc) is 2.36.